The number of amides is 1. The van der Waals surface area contributed by atoms with Crippen molar-refractivity contribution in [3.8, 4) is 0 Å². The van der Waals surface area contributed by atoms with E-state index in [0.29, 0.717) is 50.7 Å². The van der Waals surface area contributed by atoms with Crippen LogP contribution in [0.25, 0.3) is 0 Å². The molecule has 0 aliphatic carbocycles. The molecule has 2 rings (SSSR count). The van der Waals surface area contributed by atoms with Crippen LogP contribution in [0.15, 0.2) is 29.5 Å². The summed E-state index contributed by atoms with van der Waals surface area (Å²) in [6.07, 6.45) is -0.483. The Balaban J connectivity index is 1.76. The van der Waals surface area contributed by atoms with E-state index in [4.69, 9.17) is 0 Å². The lowest BCUT2D eigenvalue weighted by Crippen LogP contribution is -2.45. The highest BCUT2D eigenvalue weighted by Gasteiger charge is 2.34. The molecule has 150 valence electrons. The second-order valence-electron chi connectivity index (χ2n) is 6.24. The fourth-order valence-corrected chi connectivity index (χ4v) is 2.80. The Morgan fingerprint density at radius 3 is 2.89 bits per heavy atom. The number of carbonyl (C=O) groups excluding carboxylic acids is 1. The van der Waals surface area contributed by atoms with Crippen LogP contribution in [-0.4, -0.2) is 73.2 Å². The summed E-state index contributed by atoms with van der Waals surface area (Å²) < 4.78 is 37.4. The van der Waals surface area contributed by atoms with E-state index in [2.05, 4.69) is 25.9 Å². The largest absolute Gasteiger partial charge is 0.401 e. The summed E-state index contributed by atoms with van der Waals surface area (Å²) in [4.78, 5) is 21.6. The molecule has 10 heteroatoms. The molecule has 1 aliphatic rings. The fourth-order valence-electron chi connectivity index (χ4n) is 2.80. The van der Waals surface area contributed by atoms with Crippen LogP contribution >= 0.6 is 0 Å². The maximum atomic E-state index is 12.5. The molecule has 7 nitrogen and oxygen atoms in total. The third-order valence-corrected chi connectivity index (χ3v) is 3.95. The van der Waals surface area contributed by atoms with Gasteiger partial charge in [0, 0.05) is 44.6 Å². The predicted molar refractivity (Wildman–Crippen MR) is 96.6 cm³/mol. The lowest BCUT2D eigenvalue weighted by molar-refractivity contribution is -0.143. The first-order valence-corrected chi connectivity index (χ1v) is 8.89. The molecule has 0 aromatic carbocycles. The first-order chi connectivity index (χ1) is 12.9. The van der Waals surface area contributed by atoms with Crippen molar-refractivity contribution in [2.75, 3.05) is 39.3 Å². The van der Waals surface area contributed by atoms with Crippen LogP contribution in [0.1, 0.15) is 23.7 Å². The van der Waals surface area contributed by atoms with Crippen molar-refractivity contribution in [3.05, 3.63) is 30.1 Å². The Bertz CT molecular complexity index is 623. The molecule has 1 aromatic heterocycles. The average molecular weight is 386 g/mol. The minimum absolute atomic E-state index is 0.0878. The number of guanidine groups is 1. The summed E-state index contributed by atoms with van der Waals surface area (Å²) in [5.74, 6) is 0.307. The monoisotopic (exact) mass is 386 g/mol. The fraction of sp³-hybridized carbons (Fsp3) is 0.588. The summed E-state index contributed by atoms with van der Waals surface area (Å²) in [6.45, 7) is 3.06. The van der Waals surface area contributed by atoms with Gasteiger partial charge in [0.15, 0.2) is 5.96 Å². The smallest absolute Gasteiger partial charge is 0.357 e. The lowest BCUT2D eigenvalue weighted by Gasteiger charge is -2.19. The lowest BCUT2D eigenvalue weighted by atomic mass is 10.3. The summed E-state index contributed by atoms with van der Waals surface area (Å²) in [6, 6.07) is 3.27. The van der Waals surface area contributed by atoms with E-state index in [9.17, 15) is 18.0 Å². The third kappa shape index (κ3) is 7.81. The first-order valence-electron chi connectivity index (χ1n) is 8.89. The van der Waals surface area contributed by atoms with Gasteiger partial charge in [-0.1, -0.05) is 0 Å². The van der Waals surface area contributed by atoms with Crippen molar-refractivity contribution in [2.45, 2.75) is 25.6 Å². The quantitative estimate of drug-likeness (QED) is 0.370. The SMILES string of the molecule is CCNC(=NCCNC(=O)c1cccnc1)NC1CCN(CC(F)(F)F)C1. The van der Waals surface area contributed by atoms with Crippen molar-refractivity contribution in [3.63, 3.8) is 0 Å². The van der Waals surface area contributed by atoms with Crippen LogP contribution in [0.2, 0.25) is 0 Å². The third-order valence-electron chi connectivity index (χ3n) is 3.95. The molecule has 1 amide bonds. The van der Waals surface area contributed by atoms with Crippen molar-refractivity contribution in [1.29, 1.82) is 0 Å². The minimum Gasteiger partial charge on any atom is -0.357 e. The second-order valence-corrected chi connectivity index (χ2v) is 6.24. The topological polar surface area (TPSA) is 81.6 Å². The van der Waals surface area contributed by atoms with Crippen LogP contribution < -0.4 is 16.0 Å². The van der Waals surface area contributed by atoms with Gasteiger partial charge in [-0.2, -0.15) is 13.2 Å². The van der Waals surface area contributed by atoms with E-state index in [1.165, 1.54) is 11.1 Å². The zero-order valence-corrected chi connectivity index (χ0v) is 15.2. The maximum Gasteiger partial charge on any atom is 0.401 e. The number of pyridine rings is 1. The van der Waals surface area contributed by atoms with Crippen LogP contribution in [0.5, 0.6) is 0 Å². The molecular weight excluding hydrogens is 361 g/mol. The van der Waals surface area contributed by atoms with Crippen molar-refractivity contribution in [2.24, 2.45) is 4.99 Å². The van der Waals surface area contributed by atoms with Gasteiger partial charge >= 0.3 is 6.18 Å². The van der Waals surface area contributed by atoms with Crippen LogP contribution in [0.3, 0.4) is 0 Å². The van der Waals surface area contributed by atoms with Gasteiger partial charge in [-0.25, -0.2) is 0 Å². The molecule has 1 saturated heterocycles. The van der Waals surface area contributed by atoms with E-state index in [1.807, 2.05) is 6.92 Å². The standard InChI is InChI=1S/C17H25F3N6O/c1-2-22-16(25-14-5-9-26(11-14)12-17(18,19)20)24-8-7-23-15(27)13-4-3-6-21-10-13/h3-4,6,10,14H,2,5,7-9,11-12H2,1H3,(H,23,27)(H2,22,24,25). The van der Waals surface area contributed by atoms with Gasteiger partial charge in [0.05, 0.1) is 18.7 Å². The number of aliphatic imine (C=N–C) groups is 1. The molecule has 3 N–H and O–H groups in total. The first kappa shape index (κ1) is 20.9. The number of hydrogen-bond donors (Lipinski definition) is 3. The zero-order chi connectivity index (χ0) is 19.7. The number of rotatable bonds is 7. The average Bonchev–Trinajstić information content (AvgIpc) is 3.04. The molecule has 1 unspecified atom stereocenters. The molecule has 1 atom stereocenters. The summed E-state index contributed by atoms with van der Waals surface area (Å²) in [7, 11) is 0. The number of likely N-dealkylation sites (tertiary alicyclic amines) is 1. The molecule has 0 saturated carbocycles. The number of nitrogens with zero attached hydrogens (tertiary/aromatic N) is 3. The molecule has 2 heterocycles. The highest BCUT2D eigenvalue weighted by molar-refractivity contribution is 5.93. The summed E-state index contributed by atoms with van der Waals surface area (Å²) >= 11 is 0. The molecule has 0 spiro atoms. The van der Waals surface area contributed by atoms with Crippen LogP contribution in [-0.2, 0) is 0 Å². The zero-order valence-electron chi connectivity index (χ0n) is 15.2. The minimum atomic E-state index is -4.18. The van der Waals surface area contributed by atoms with E-state index in [0.717, 1.165) is 0 Å². The summed E-state index contributed by atoms with van der Waals surface area (Å²) in [5, 5.41) is 8.98. The van der Waals surface area contributed by atoms with Crippen LogP contribution in [0.4, 0.5) is 13.2 Å². The Hall–Kier alpha value is -2.36. The van der Waals surface area contributed by atoms with Gasteiger partial charge in [-0.05, 0) is 25.5 Å². The highest BCUT2D eigenvalue weighted by atomic mass is 19.4. The Morgan fingerprint density at radius 1 is 1.41 bits per heavy atom. The van der Waals surface area contributed by atoms with Crippen LogP contribution in [0, 0.1) is 0 Å². The van der Waals surface area contributed by atoms with Gasteiger partial charge in [0.2, 0.25) is 0 Å². The van der Waals surface area contributed by atoms with Crippen molar-refractivity contribution in [1.82, 2.24) is 25.8 Å². The van der Waals surface area contributed by atoms with E-state index >= 15 is 0 Å². The van der Waals surface area contributed by atoms with Crippen molar-refractivity contribution < 1.29 is 18.0 Å². The Labute approximate surface area is 156 Å². The molecule has 0 radical (unpaired) electrons. The number of carbonyl (C=O) groups is 1. The maximum absolute atomic E-state index is 12.5. The van der Waals surface area contributed by atoms with Crippen molar-refractivity contribution >= 4 is 11.9 Å². The molecule has 1 fully saturated rings. The van der Waals surface area contributed by atoms with Gasteiger partial charge in [0.1, 0.15) is 0 Å². The Morgan fingerprint density at radius 2 is 2.22 bits per heavy atom. The molecule has 1 aliphatic heterocycles. The van der Waals surface area contributed by atoms with Gasteiger partial charge in [-0.3, -0.25) is 19.7 Å². The number of aromatic nitrogens is 1. The second kappa shape index (κ2) is 10.1. The summed E-state index contributed by atoms with van der Waals surface area (Å²) in [5.41, 5.74) is 0.474. The van der Waals surface area contributed by atoms with E-state index in [-0.39, 0.29) is 11.9 Å². The normalized spacial score (nSPS) is 18.4. The molecule has 1 aromatic rings. The molecular formula is C17H25F3N6O. The van der Waals surface area contributed by atoms with Gasteiger partial charge in [-0.15, -0.1) is 0 Å². The number of alkyl halides is 3. The van der Waals surface area contributed by atoms with E-state index in [1.54, 1.807) is 18.3 Å². The number of hydrogen-bond acceptors (Lipinski definition) is 4. The Kier molecular flexibility index (Phi) is 7.83. The predicted octanol–water partition coefficient (Wildman–Crippen LogP) is 1.00. The van der Waals surface area contributed by atoms with Gasteiger partial charge in [0.25, 0.3) is 5.91 Å². The number of nitrogens with one attached hydrogen (secondary N) is 3. The highest BCUT2D eigenvalue weighted by Crippen LogP contribution is 2.19. The van der Waals surface area contributed by atoms with Gasteiger partial charge < -0.3 is 16.0 Å². The number of halogens is 3. The molecule has 27 heavy (non-hydrogen) atoms. The molecule has 0 bridgehead atoms. The van der Waals surface area contributed by atoms with E-state index < -0.39 is 12.7 Å².